The average molecular weight is 554 g/mol. The van der Waals surface area contributed by atoms with Crippen LogP contribution in [0.25, 0.3) is 0 Å². The molecule has 2 unspecified atom stereocenters. The van der Waals surface area contributed by atoms with Crippen LogP contribution in [0.5, 0.6) is 0 Å². The number of fused-ring (bicyclic) bond motifs is 1. The molecule has 3 fully saturated rings. The summed E-state index contributed by atoms with van der Waals surface area (Å²) in [6, 6.07) is 26.6. The molecular formula is C33H35N3O5. The zero-order chi connectivity index (χ0) is 28.6. The van der Waals surface area contributed by atoms with E-state index in [1.165, 1.54) is 4.90 Å². The van der Waals surface area contributed by atoms with Crippen LogP contribution in [-0.2, 0) is 32.2 Å². The molecule has 3 aliphatic rings. The van der Waals surface area contributed by atoms with Crippen LogP contribution in [0, 0.1) is 11.8 Å². The van der Waals surface area contributed by atoms with Crippen molar-refractivity contribution < 1.29 is 24.2 Å². The molecule has 3 saturated heterocycles. The molecule has 41 heavy (non-hydrogen) atoms. The highest BCUT2D eigenvalue weighted by atomic mass is 16.5. The van der Waals surface area contributed by atoms with E-state index < -0.39 is 35.1 Å². The van der Waals surface area contributed by atoms with Crippen molar-refractivity contribution in [3.63, 3.8) is 0 Å². The van der Waals surface area contributed by atoms with Gasteiger partial charge in [0.25, 0.3) is 0 Å². The van der Waals surface area contributed by atoms with E-state index in [0.29, 0.717) is 24.9 Å². The molecule has 0 saturated carbocycles. The molecule has 6 atom stereocenters. The van der Waals surface area contributed by atoms with E-state index in [-0.39, 0.29) is 30.9 Å². The number of hydrogen-bond acceptors (Lipinski definition) is 5. The lowest BCUT2D eigenvalue weighted by molar-refractivity contribution is -0.150. The minimum Gasteiger partial charge on any atom is -0.394 e. The number of nitrogens with one attached hydrogen (secondary N) is 2. The van der Waals surface area contributed by atoms with Crippen molar-refractivity contribution in [2.45, 2.75) is 56.1 Å². The lowest BCUT2D eigenvalue weighted by Gasteiger charge is -2.37. The van der Waals surface area contributed by atoms with E-state index in [4.69, 9.17) is 4.74 Å². The third-order valence-electron chi connectivity index (χ3n) is 9.06. The zero-order valence-corrected chi connectivity index (χ0v) is 23.0. The Labute approximate surface area is 239 Å². The van der Waals surface area contributed by atoms with Gasteiger partial charge in [-0.2, -0.15) is 0 Å². The van der Waals surface area contributed by atoms with Gasteiger partial charge in [-0.25, -0.2) is 0 Å². The Kier molecular flexibility index (Phi) is 7.13. The van der Waals surface area contributed by atoms with Gasteiger partial charge in [0.1, 0.15) is 11.6 Å². The number of carbonyl (C=O) groups is 3. The normalized spacial score (nSPS) is 28.8. The number of hydrogen-bond donors (Lipinski definition) is 3. The van der Waals surface area contributed by atoms with Crippen LogP contribution in [0.15, 0.2) is 91.0 Å². The molecular weight excluding hydrogens is 518 g/mol. The van der Waals surface area contributed by atoms with Crippen LogP contribution in [-0.4, -0.2) is 51.6 Å². The van der Waals surface area contributed by atoms with Gasteiger partial charge in [0, 0.05) is 13.1 Å². The van der Waals surface area contributed by atoms with Crippen molar-refractivity contribution in [3.8, 4) is 0 Å². The minimum absolute atomic E-state index is 0.262. The first-order chi connectivity index (χ1) is 19.9. The second-order valence-electron chi connectivity index (χ2n) is 11.5. The molecule has 3 N–H and O–H groups in total. The van der Waals surface area contributed by atoms with Gasteiger partial charge < -0.3 is 25.4 Å². The molecule has 3 aromatic rings. The lowest BCUT2D eigenvalue weighted by atomic mass is 9.66. The van der Waals surface area contributed by atoms with Gasteiger partial charge in [0.05, 0.1) is 30.1 Å². The molecule has 212 valence electrons. The van der Waals surface area contributed by atoms with E-state index in [9.17, 15) is 19.5 Å². The van der Waals surface area contributed by atoms with Gasteiger partial charge in [0.15, 0.2) is 0 Å². The van der Waals surface area contributed by atoms with Crippen LogP contribution in [0.1, 0.15) is 42.5 Å². The van der Waals surface area contributed by atoms with Crippen molar-refractivity contribution in [1.29, 1.82) is 0 Å². The predicted octanol–water partition coefficient (Wildman–Crippen LogP) is 3.12. The van der Waals surface area contributed by atoms with Gasteiger partial charge in [-0.3, -0.25) is 14.4 Å². The maximum Gasteiger partial charge on any atom is 0.246 e. The summed E-state index contributed by atoms with van der Waals surface area (Å²) in [5, 5.41) is 16.6. The van der Waals surface area contributed by atoms with Gasteiger partial charge >= 0.3 is 0 Å². The molecule has 3 heterocycles. The van der Waals surface area contributed by atoms with Crippen LogP contribution in [0.4, 0.5) is 0 Å². The Morgan fingerprint density at radius 1 is 0.878 bits per heavy atom. The standard InChI is InChI=1S/C33H35N3O5/c1-32-17-18-33(41-32)27(26(32)29(38)34-19-22-11-5-2-6-12-22)31(40)36(25(21-37)24-15-9-4-10-16-24)28(33)30(39)35-20-23-13-7-3-8-14-23/h2-16,25-28,37H,17-21H2,1H3,(H,34,38)(H,35,39)/t25-,26+,27+,28?,32-,33?/m1/s1. The Balaban J connectivity index is 1.35. The maximum absolute atomic E-state index is 14.4. The number of nitrogens with zero attached hydrogens (tertiary/aromatic N) is 1. The predicted molar refractivity (Wildman–Crippen MR) is 152 cm³/mol. The second kappa shape index (κ2) is 10.8. The number of amides is 3. The first-order valence-corrected chi connectivity index (χ1v) is 14.2. The van der Waals surface area contributed by atoms with Gasteiger partial charge in [-0.05, 0) is 36.5 Å². The highest BCUT2D eigenvalue weighted by Crippen LogP contribution is 2.64. The third-order valence-corrected chi connectivity index (χ3v) is 9.06. The Morgan fingerprint density at radius 2 is 1.41 bits per heavy atom. The Morgan fingerprint density at radius 3 is 1.98 bits per heavy atom. The molecule has 8 nitrogen and oxygen atoms in total. The summed E-state index contributed by atoms with van der Waals surface area (Å²) in [5.41, 5.74) is 0.531. The third kappa shape index (κ3) is 4.61. The quantitative estimate of drug-likeness (QED) is 0.378. The fraction of sp³-hybridized carbons (Fsp3) is 0.364. The molecule has 8 heteroatoms. The smallest absolute Gasteiger partial charge is 0.246 e. The van der Waals surface area contributed by atoms with Crippen molar-refractivity contribution in [2.24, 2.45) is 11.8 Å². The summed E-state index contributed by atoms with van der Waals surface area (Å²) in [6.45, 7) is 2.12. The van der Waals surface area contributed by atoms with Crippen molar-refractivity contribution in [1.82, 2.24) is 15.5 Å². The van der Waals surface area contributed by atoms with Gasteiger partial charge in [-0.1, -0.05) is 91.0 Å². The summed E-state index contributed by atoms with van der Waals surface area (Å²) in [4.78, 5) is 43.8. The average Bonchev–Trinajstić information content (AvgIpc) is 3.57. The lowest BCUT2D eigenvalue weighted by Crippen LogP contribution is -2.56. The van der Waals surface area contributed by atoms with Crippen molar-refractivity contribution >= 4 is 17.7 Å². The first kappa shape index (κ1) is 27.2. The number of likely N-dealkylation sites (tertiary alicyclic amines) is 1. The largest absolute Gasteiger partial charge is 0.394 e. The van der Waals surface area contributed by atoms with Crippen molar-refractivity contribution in [3.05, 3.63) is 108 Å². The SMILES string of the molecule is C[C@]12CCC3(O1)C(C(=O)NCc1ccccc1)N([C@H](CO)c1ccccc1)C(=O)[C@@H]3[C@H]2C(=O)NCc1ccccc1. The van der Waals surface area contributed by atoms with Gasteiger partial charge in [0.2, 0.25) is 17.7 Å². The van der Waals surface area contributed by atoms with Crippen LogP contribution in [0.3, 0.4) is 0 Å². The summed E-state index contributed by atoms with van der Waals surface area (Å²) < 4.78 is 6.71. The number of aliphatic hydroxyl groups is 1. The molecule has 0 aliphatic carbocycles. The number of aliphatic hydroxyl groups excluding tert-OH is 1. The molecule has 0 aromatic heterocycles. The first-order valence-electron chi connectivity index (χ1n) is 14.2. The van der Waals surface area contributed by atoms with Crippen LogP contribution >= 0.6 is 0 Å². The topological polar surface area (TPSA) is 108 Å². The van der Waals surface area contributed by atoms with Crippen LogP contribution < -0.4 is 10.6 Å². The Hall–Kier alpha value is -4.01. The van der Waals surface area contributed by atoms with E-state index in [1.54, 1.807) is 0 Å². The summed E-state index contributed by atoms with van der Waals surface area (Å²) in [6.07, 6.45) is 1.01. The molecule has 0 radical (unpaired) electrons. The summed E-state index contributed by atoms with van der Waals surface area (Å²) >= 11 is 0. The number of ether oxygens (including phenoxy) is 1. The highest BCUT2D eigenvalue weighted by Gasteiger charge is 2.78. The molecule has 6 rings (SSSR count). The minimum atomic E-state index is -1.18. The van der Waals surface area contributed by atoms with Crippen LogP contribution in [0.2, 0.25) is 0 Å². The Bertz CT molecular complexity index is 1420. The highest BCUT2D eigenvalue weighted by molar-refractivity contribution is 5.99. The zero-order valence-electron chi connectivity index (χ0n) is 23.0. The molecule has 1 spiro atoms. The molecule has 3 aromatic carbocycles. The maximum atomic E-state index is 14.4. The second-order valence-corrected chi connectivity index (χ2v) is 11.5. The fourth-order valence-corrected chi connectivity index (χ4v) is 7.21. The summed E-state index contributed by atoms with van der Waals surface area (Å²) in [5.74, 6) is -2.56. The van der Waals surface area contributed by atoms with Crippen molar-refractivity contribution in [2.75, 3.05) is 6.61 Å². The van der Waals surface area contributed by atoms with E-state index >= 15 is 0 Å². The van der Waals surface area contributed by atoms with E-state index in [2.05, 4.69) is 10.6 Å². The molecule has 3 amide bonds. The number of rotatable bonds is 9. The monoisotopic (exact) mass is 553 g/mol. The fourth-order valence-electron chi connectivity index (χ4n) is 7.21. The van der Waals surface area contributed by atoms with E-state index in [1.807, 2.05) is 97.9 Å². The van der Waals surface area contributed by atoms with E-state index in [0.717, 1.165) is 11.1 Å². The number of carbonyl (C=O) groups excluding carboxylic acids is 3. The number of benzene rings is 3. The molecule has 2 bridgehead atoms. The van der Waals surface area contributed by atoms with Gasteiger partial charge in [-0.15, -0.1) is 0 Å². The molecule has 3 aliphatic heterocycles. The summed E-state index contributed by atoms with van der Waals surface area (Å²) in [7, 11) is 0.